The second-order valence-electron chi connectivity index (χ2n) is 6.10. The van der Waals surface area contributed by atoms with Crippen LogP contribution in [0.4, 0.5) is 5.69 Å². The molecule has 2 rings (SSSR count). The lowest BCUT2D eigenvalue weighted by Crippen LogP contribution is -2.18. The molecule has 0 bridgehead atoms. The van der Waals surface area contributed by atoms with Crippen LogP contribution in [-0.2, 0) is 22.4 Å². The Bertz CT molecular complexity index is 804. The molecule has 0 heterocycles. The SMILES string of the molecule is C=CCc1cc(CC=C)cc(C(Nc2ccc(C=NN)cc2)OC(C)=O)c1.Cl. The molecule has 3 N–H and O–H groups in total. The topological polar surface area (TPSA) is 76.7 Å². The highest BCUT2D eigenvalue weighted by molar-refractivity contribution is 5.85. The Hall–Kier alpha value is -3.05. The number of nitrogens with two attached hydrogens (primary N) is 1. The molecule has 0 aromatic heterocycles. The number of hydrogen-bond donors (Lipinski definition) is 2. The molecule has 1 unspecified atom stereocenters. The summed E-state index contributed by atoms with van der Waals surface area (Å²) in [5.74, 6) is 4.81. The number of carbonyl (C=O) groups excluding carboxylic acids is 1. The normalized spacial score (nSPS) is 11.3. The van der Waals surface area contributed by atoms with Crippen LogP contribution in [0.2, 0.25) is 0 Å². The van der Waals surface area contributed by atoms with Crippen LogP contribution >= 0.6 is 12.4 Å². The Morgan fingerprint density at radius 1 is 1.14 bits per heavy atom. The Labute approximate surface area is 172 Å². The number of anilines is 1. The van der Waals surface area contributed by atoms with Crippen LogP contribution in [-0.4, -0.2) is 12.2 Å². The van der Waals surface area contributed by atoms with Crippen LogP contribution in [0.5, 0.6) is 0 Å². The van der Waals surface area contributed by atoms with Gasteiger partial charge in [-0.05, 0) is 53.8 Å². The molecule has 0 aliphatic heterocycles. The smallest absolute Gasteiger partial charge is 0.304 e. The van der Waals surface area contributed by atoms with Gasteiger partial charge in [-0.3, -0.25) is 4.79 Å². The van der Waals surface area contributed by atoms with Gasteiger partial charge in [-0.25, -0.2) is 0 Å². The van der Waals surface area contributed by atoms with Gasteiger partial charge in [0.15, 0.2) is 6.23 Å². The van der Waals surface area contributed by atoms with Crippen molar-refractivity contribution in [1.29, 1.82) is 0 Å². The average molecular weight is 400 g/mol. The van der Waals surface area contributed by atoms with Gasteiger partial charge < -0.3 is 15.9 Å². The van der Waals surface area contributed by atoms with Crippen LogP contribution in [0.15, 0.2) is 72.9 Å². The van der Waals surface area contributed by atoms with Crippen LogP contribution < -0.4 is 11.2 Å². The maximum atomic E-state index is 11.7. The largest absolute Gasteiger partial charge is 0.438 e. The van der Waals surface area contributed by atoms with Crippen LogP contribution in [0.1, 0.15) is 35.4 Å². The number of nitrogens with zero attached hydrogens (tertiary/aromatic N) is 1. The number of carbonyl (C=O) groups is 1. The quantitative estimate of drug-likeness (QED) is 0.162. The summed E-state index contributed by atoms with van der Waals surface area (Å²) >= 11 is 0. The molecule has 0 amide bonds. The number of nitrogens with one attached hydrogen (secondary N) is 1. The van der Waals surface area contributed by atoms with E-state index in [1.807, 2.05) is 48.6 Å². The van der Waals surface area contributed by atoms with Gasteiger partial charge in [0.2, 0.25) is 0 Å². The van der Waals surface area contributed by atoms with Crippen molar-refractivity contribution in [3.8, 4) is 0 Å². The molecule has 0 saturated carbocycles. The van der Waals surface area contributed by atoms with E-state index in [4.69, 9.17) is 10.6 Å². The first kappa shape index (κ1) is 23.0. The van der Waals surface area contributed by atoms with E-state index in [0.717, 1.165) is 40.8 Å². The molecule has 28 heavy (non-hydrogen) atoms. The van der Waals surface area contributed by atoms with Crippen molar-refractivity contribution in [3.05, 3.63) is 90.0 Å². The molecule has 2 aromatic carbocycles. The van der Waals surface area contributed by atoms with Crippen LogP contribution in [0, 0.1) is 0 Å². The number of esters is 1. The van der Waals surface area contributed by atoms with E-state index >= 15 is 0 Å². The van der Waals surface area contributed by atoms with Gasteiger partial charge in [0.1, 0.15) is 0 Å². The van der Waals surface area contributed by atoms with Gasteiger partial charge in [-0.1, -0.05) is 30.4 Å². The Balaban J connectivity index is 0.00000392. The van der Waals surface area contributed by atoms with E-state index in [1.54, 1.807) is 6.21 Å². The molecule has 0 aliphatic carbocycles. The standard InChI is InChI=1S/C22H25N3O2.ClH/c1-4-6-18-12-19(7-5-2)14-20(13-18)22(27-16(3)26)25-21-10-8-17(9-11-21)15-24-23;/h4-5,8-15,22,25H,1-2,6-7,23H2,3H3;1H. The highest BCUT2D eigenvalue weighted by atomic mass is 35.5. The third-order valence-electron chi connectivity index (χ3n) is 3.85. The van der Waals surface area contributed by atoms with E-state index < -0.39 is 6.23 Å². The molecule has 0 spiro atoms. The monoisotopic (exact) mass is 399 g/mol. The minimum absolute atomic E-state index is 0. The average Bonchev–Trinajstić information content (AvgIpc) is 2.63. The minimum Gasteiger partial charge on any atom is -0.438 e. The first-order valence-electron chi connectivity index (χ1n) is 8.67. The second-order valence-corrected chi connectivity index (χ2v) is 6.10. The van der Waals surface area contributed by atoms with Crippen molar-refractivity contribution in [1.82, 2.24) is 0 Å². The number of benzene rings is 2. The van der Waals surface area contributed by atoms with Crippen molar-refractivity contribution < 1.29 is 9.53 Å². The number of allylic oxidation sites excluding steroid dienone is 2. The molecular weight excluding hydrogens is 374 g/mol. The first-order chi connectivity index (χ1) is 13.0. The van der Waals surface area contributed by atoms with Crippen molar-refractivity contribution in [2.24, 2.45) is 10.9 Å². The Morgan fingerprint density at radius 3 is 2.18 bits per heavy atom. The van der Waals surface area contributed by atoms with E-state index in [9.17, 15) is 4.79 Å². The van der Waals surface area contributed by atoms with Gasteiger partial charge in [-0.2, -0.15) is 5.10 Å². The number of ether oxygens (including phenoxy) is 1. The minimum atomic E-state index is -0.607. The fourth-order valence-electron chi connectivity index (χ4n) is 2.76. The lowest BCUT2D eigenvalue weighted by atomic mass is 10.0. The summed E-state index contributed by atoms with van der Waals surface area (Å²) < 4.78 is 5.54. The van der Waals surface area contributed by atoms with Gasteiger partial charge in [0, 0.05) is 18.2 Å². The number of rotatable bonds is 9. The van der Waals surface area contributed by atoms with Gasteiger partial charge in [0.25, 0.3) is 0 Å². The van der Waals surface area contributed by atoms with Crippen molar-refractivity contribution >= 4 is 30.3 Å². The highest BCUT2D eigenvalue weighted by Gasteiger charge is 2.16. The summed E-state index contributed by atoms with van der Waals surface area (Å²) in [7, 11) is 0. The maximum absolute atomic E-state index is 11.7. The van der Waals surface area contributed by atoms with E-state index in [0.29, 0.717) is 0 Å². The zero-order valence-electron chi connectivity index (χ0n) is 15.9. The maximum Gasteiger partial charge on any atom is 0.304 e. The number of halogens is 1. The zero-order chi connectivity index (χ0) is 19.6. The first-order valence-corrected chi connectivity index (χ1v) is 8.67. The van der Waals surface area contributed by atoms with Crippen LogP contribution in [0.3, 0.4) is 0 Å². The molecule has 0 fully saturated rings. The molecule has 148 valence electrons. The van der Waals surface area contributed by atoms with Gasteiger partial charge in [-0.15, -0.1) is 25.6 Å². The molecule has 5 nitrogen and oxygen atoms in total. The fraction of sp³-hybridized carbons (Fsp3) is 0.182. The summed E-state index contributed by atoms with van der Waals surface area (Å²) in [5.41, 5.74) is 4.78. The summed E-state index contributed by atoms with van der Waals surface area (Å²) in [6.07, 6.45) is 6.12. The van der Waals surface area contributed by atoms with Crippen LogP contribution in [0.25, 0.3) is 0 Å². The van der Waals surface area contributed by atoms with Gasteiger partial charge >= 0.3 is 5.97 Å². The third kappa shape index (κ3) is 6.93. The summed E-state index contributed by atoms with van der Waals surface area (Å²) in [4.78, 5) is 11.7. The molecule has 0 saturated heterocycles. The number of hydrogen-bond acceptors (Lipinski definition) is 5. The number of hydrazone groups is 1. The van der Waals surface area contributed by atoms with Crippen molar-refractivity contribution in [2.75, 3.05) is 5.32 Å². The lowest BCUT2D eigenvalue weighted by molar-refractivity contribution is -0.145. The predicted octanol–water partition coefficient (Wildman–Crippen LogP) is 4.53. The molecular formula is C22H26ClN3O2. The van der Waals surface area contributed by atoms with E-state index in [1.165, 1.54) is 6.92 Å². The van der Waals surface area contributed by atoms with Crippen molar-refractivity contribution in [3.63, 3.8) is 0 Å². The van der Waals surface area contributed by atoms with Crippen molar-refractivity contribution in [2.45, 2.75) is 26.0 Å². The Kier molecular flexibility index (Phi) is 9.54. The summed E-state index contributed by atoms with van der Waals surface area (Å²) in [6, 6.07) is 13.7. The fourth-order valence-corrected chi connectivity index (χ4v) is 2.76. The molecule has 2 aromatic rings. The molecule has 6 heteroatoms. The summed E-state index contributed by atoms with van der Waals surface area (Å²) in [6.45, 7) is 9.01. The van der Waals surface area contributed by atoms with E-state index in [2.05, 4.69) is 29.6 Å². The lowest BCUT2D eigenvalue weighted by Gasteiger charge is -2.21. The Morgan fingerprint density at radius 2 is 1.71 bits per heavy atom. The highest BCUT2D eigenvalue weighted by Crippen LogP contribution is 2.24. The third-order valence-corrected chi connectivity index (χ3v) is 3.85. The molecule has 0 aliphatic rings. The molecule has 1 atom stereocenters. The van der Waals surface area contributed by atoms with E-state index in [-0.39, 0.29) is 18.4 Å². The zero-order valence-corrected chi connectivity index (χ0v) is 16.7. The summed E-state index contributed by atoms with van der Waals surface area (Å²) in [5, 5.41) is 6.77. The van der Waals surface area contributed by atoms with Gasteiger partial charge in [0.05, 0.1) is 6.21 Å². The predicted molar refractivity (Wildman–Crippen MR) is 118 cm³/mol. The molecule has 0 radical (unpaired) electrons. The second kappa shape index (κ2) is 11.6.